The smallest absolute Gasteiger partial charge is 0.289 e. The van der Waals surface area contributed by atoms with Gasteiger partial charge in [-0.15, -0.1) is 0 Å². The minimum absolute atomic E-state index is 0. The molecule has 2 aromatic carbocycles. The van der Waals surface area contributed by atoms with Gasteiger partial charge in [0.1, 0.15) is 0 Å². The van der Waals surface area contributed by atoms with E-state index in [0.29, 0.717) is 15.6 Å². The first-order valence-corrected chi connectivity index (χ1v) is 7.16. The summed E-state index contributed by atoms with van der Waals surface area (Å²) in [7, 11) is 0.0370. The van der Waals surface area contributed by atoms with Gasteiger partial charge in [0.25, 0.3) is 0 Å². The molecule has 0 amide bonds. The molecule has 0 radical (unpaired) electrons. The van der Waals surface area contributed by atoms with Crippen molar-refractivity contribution in [2.45, 2.75) is 6.92 Å². The Morgan fingerprint density at radius 1 is 1.05 bits per heavy atom. The van der Waals surface area contributed by atoms with Crippen LogP contribution in [0.2, 0.25) is 10.0 Å². The van der Waals surface area contributed by atoms with E-state index in [0.717, 1.165) is 10.9 Å². The van der Waals surface area contributed by atoms with Crippen molar-refractivity contribution in [1.82, 2.24) is 0 Å². The maximum Gasteiger partial charge on any atom is 1.00 e. The Hall–Kier alpha value is -0.283. The van der Waals surface area contributed by atoms with Crippen LogP contribution in [0, 0.1) is 6.92 Å². The van der Waals surface area contributed by atoms with Gasteiger partial charge in [-0.05, 0) is 32.4 Å². The summed E-state index contributed by atoms with van der Waals surface area (Å²) in [5.41, 5.74) is 1.27. The van der Waals surface area contributed by atoms with Crippen LogP contribution in [-0.4, -0.2) is 5.52 Å². The molecule has 0 fully saturated rings. The number of aryl methyl sites for hydroxylation is 1. The average Bonchev–Trinajstić information content (AvgIpc) is 2.36. The molecule has 5 heteroatoms. The molecule has 1 unspecified atom stereocenters. The van der Waals surface area contributed by atoms with Crippen LogP contribution in [0.4, 0.5) is 0 Å². The van der Waals surface area contributed by atoms with Crippen molar-refractivity contribution < 1.29 is 23.7 Å². The second-order valence-electron chi connectivity index (χ2n) is 3.87. The van der Waals surface area contributed by atoms with Crippen molar-refractivity contribution >= 4 is 42.6 Å². The topological polar surface area (TPSA) is 17.1 Å². The molecule has 1 atom stereocenters. The first-order valence-electron chi connectivity index (χ1n) is 5.40. The van der Waals surface area contributed by atoms with Crippen molar-refractivity contribution in [3.63, 3.8) is 0 Å². The number of hydrogen-bond acceptors (Lipinski definition) is 1. The minimum atomic E-state index is -0.0279. The van der Waals surface area contributed by atoms with Crippen LogP contribution in [-0.2, 0) is 0 Å². The van der Waals surface area contributed by atoms with Crippen molar-refractivity contribution in [2.24, 2.45) is 0 Å². The van der Waals surface area contributed by atoms with Crippen molar-refractivity contribution in [2.75, 3.05) is 0 Å². The molecular formula is C14H11Cl2LiOP+. The Bertz CT molecular complexity index is 587. The van der Waals surface area contributed by atoms with Gasteiger partial charge in [0.2, 0.25) is 0 Å². The SMILES string of the molecule is Cc1ccc(Cl)c(C(=O)Pc2ccccc2)c1Cl.[Li+]. The fourth-order valence-electron chi connectivity index (χ4n) is 1.58. The molecule has 1 nitrogen and oxygen atoms in total. The van der Waals surface area contributed by atoms with Gasteiger partial charge in [0, 0.05) is 0 Å². The van der Waals surface area contributed by atoms with E-state index in [9.17, 15) is 4.79 Å². The van der Waals surface area contributed by atoms with Crippen LogP contribution in [0.15, 0.2) is 42.5 Å². The number of carbonyl (C=O) groups is 1. The van der Waals surface area contributed by atoms with Gasteiger partial charge < -0.3 is 0 Å². The van der Waals surface area contributed by atoms with E-state index < -0.39 is 0 Å². The summed E-state index contributed by atoms with van der Waals surface area (Å²) in [6.45, 7) is 1.86. The molecular weight excluding hydrogens is 293 g/mol. The Morgan fingerprint density at radius 3 is 2.32 bits per heavy atom. The Kier molecular flexibility index (Phi) is 6.61. The van der Waals surface area contributed by atoms with E-state index in [1.807, 2.05) is 43.3 Å². The molecule has 0 saturated heterocycles. The molecule has 0 aromatic heterocycles. The van der Waals surface area contributed by atoms with Gasteiger partial charge >= 0.3 is 18.9 Å². The summed E-state index contributed by atoms with van der Waals surface area (Å²) >= 11 is 12.2. The predicted octanol–water partition coefficient (Wildman–Crippen LogP) is 1.45. The van der Waals surface area contributed by atoms with Crippen LogP contribution in [0.5, 0.6) is 0 Å². The molecule has 0 bridgehead atoms. The van der Waals surface area contributed by atoms with Gasteiger partial charge in [-0.25, -0.2) is 0 Å². The second kappa shape index (κ2) is 7.49. The first-order chi connectivity index (χ1) is 8.59. The van der Waals surface area contributed by atoms with E-state index in [2.05, 4.69) is 0 Å². The van der Waals surface area contributed by atoms with Crippen LogP contribution >= 0.6 is 31.8 Å². The quantitative estimate of drug-likeness (QED) is 0.620. The zero-order valence-corrected chi connectivity index (χ0v) is 13.2. The maximum atomic E-state index is 12.3. The molecule has 0 saturated carbocycles. The van der Waals surface area contributed by atoms with E-state index in [1.165, 1.54) is 0 Å². The van der Waals surface area contributed by atoms with Crippen molar-refractivity contribution in [1.29, 1.82) is 0 Å². The van der Waals surface area contributed by atoms with Crippen LogP contribution in [0.1, 0.15) is 15.9 Å². The zero-order valence-electron chi connectivity index (χ0n) is 10.7. The van der Waals surface area contributed by atoms with Gasteiger partial charge in [0.05, 0.1) is 15.6 Å². The molecule has 92 valence electrons. The summed E-state index contributed by atoms with van der Waals surface area (Å²) in [6, 6.07) is 13.1. The molecule has 0 spiro atoms. The zero-order chi connectivity index (χ0) is 13.1. The molecule has 0 N–H and O–H groups in total. The molecule has 2 aromatic rings. The maximum absolute atomic E-state index is 12.3. The van der Waals surface area contributed by atoms with E-state index >= 15 is 0 Å². The summed E-state index contributed by atoms with van der Waals surface area (Å²) < 4.78 is 0. The largest absolute Gasteiger partial charge is 1.00 e. The number of rotatable bonds is 3. The normalized spacial score (nSPS) is 10.5. The molecule has 2 rings (SSSR count). The van der Waals surface area contributed by atoms with E-state index in [-0.39, 0.29) is 33.0 Å². The number of halogens is 2. The van der Waals surface area contributed by atoms with Crippen LogP contribution < -0.4 is 24.2 Å². The molecule has 19 heavy (non-hydrogen) atoms. The third-order valence-electron chi connectivity index (χ3n) is 2.54. The fraction of sp³-hybridized carbons (Fsp3) is 0.0714. The first kappa shape index (κ1) is 16.8. The van der Waals surface area contributed by atoms with Crippen molar-refractivity contribution in [3.8, 4) is 0 Å². The predicted molar refractivity (Wildman–Crippen MR) is 79.9 cm³/mol. The second-order valence-corrected chi connectivity index (χ2v) is 5.94. The fourth-order valence-corrected chi connectivity index (χ4v) is 3.29. The Labute approximate surface area is 136 Å². The van der Waals surface area contributed by atoms with Gasteiger partial charge in [-0.1, -0.05) is 59.6 Å². The van der Waals surface area contributed by atoms with E-state index in [4.69, 9.17) is 23.2 Å². The van der Waals surface area contributed by atoms with Crippen LogP contribution in [0.3, 0.4) is 0 Å². The molecule has 0 heterocycles. The van der Waals surface area contributed by atoms with Gasteiger partial charge in [0.15, 0.2) is 5.52 Å². The summed E-state index contributed by atoms with van der Waals surface area (Å²) in [4.78, 5) is 12.3. The summed E-state index contributed by atoms with van der Waals surface area (Å²) in [5.74, 6) is 0. The monoisotopic (exact) mass is 303 g/mol. The standard InChI is InChI=1S/C14H11Cl2OP.Li/c1-9-7-8-11(15)12(13(9)16)14(17)18-10-5-3-2-4-6-10;/h2-8,18H,1H3;/q;+1. The number of benzene rings is 2. The summed E-state index contributed by atoms with van der Waals surface area (Å²) in [5, 5.41) is 1.85. The average molecular weight is 304 g/mol. The Balaban J connectivity index is 0.00000180. The molecule has 0 aliphatic heterocycles. The third kappa shape index (κ3) is 4.09. The molecule has 0 aliphatic carbocycles. The number of hydrogen-bond donors (Lipinski definition) is 0. The van der Waals surface area contributed by atoms with E-state index in [1.54, 1.807) is 6.07 Å². The number of carbonyl (C=O) groups excluding carboxylic acids is 1. The molecule has 0 aliphatic rings. The van der Waals surface area contributed by atoms with Crippen LogP contribution in [0.25, 0.3) is 0 Å². The Morgan fingerprint density at radius 2 is 1.68 bits per heavy atom. The minimum Gasteiger partial charge on any atom is -0.289 e. The third-order valence-corrected chi connectivity index (χ3v) is 4.44. The summed E-state index contributed by atoms with van der Waals surface area (Å²) in [6.07, 6.45) is 0. The van der Waals surface area contributed by atoms with Crippen molar-refractivity contribution in [3.05, 3.63) is 63.6 Å². The van der Waals surface area contributed by atoms with Gasteiger partial charge in [-0.2, -0.15) is 0 Å². The van der Waals surface area contributed by atoms with Gasteiger partial charge in [-0.3, -0.25) is 4.79 Å².